The SMILES string of the molecule is CCOc1ccccc1C(=O)N1CCC[C@@H](c2ncc(C(=O)Nc3ccccc3)c(C)n2)C1. The maximum absolute atomic E-state index is 13.2. The Hall–Kier alpha value is -3.74. The molecule has 7 nitrogen and oxygen atoms in total. The smallest absolute Gasteiger partial charge is 0.259 e. The molecule has 170 valence electrons. The summed E-state index contributed by atoms with van der Waals surface area (Å²) in [5, 5.41) is 2.87. The molecule has 2 amide bonds. The number of nitrogens with one attached hydrogen (secondary N) is 1. The zero-order chi connectivity index (χ0) is 23.2. The molecule has 1 aliphatic rings. The molecule has 2 aromatic carbocycles. The van der Waals surface area contributed by atoms with Crippen LogP contribution in [0, 0.1) is 6.92 Å². The topological polar surface area (TPSA) is 84.4 Å². The molecule has 33 heavy (non-hydrogen) atoms. The summed E-state index contributed by atoms with van der Waals surface area (Å²) >= 11 is 0. The van der Waals surface area contributed by atoms with Crippen LogP contribution < -0.4 is 10.1 Å². The highest BCUT2D eigenvalue weighted by Gasteiger charge is 2.29. The number of para-hydroxylation sites is 2. The molecule has 0 unspecified atom stereocenters. The minimum absolute atomic E-state index is 0.0203. The quantitative estimate of drug-likeness (QED) is 0.607. The average molecular weight is 445 g/mol. The lowest BCUT2D eigenvalue weighted by atomic mass is 9.96. The van der Waals surface area contributed by atoms with Crippen molar-refractivity contribution in [2.45, 2.75) is 32.6 Å². The molecule has 2 heterocycles. The van der Waals surface area contributed by atoms with Crippen LogP contribution in [0.3, 0.4) is 0 Å². The summed E-state index contributed by atoms with van der Waals surface area (Å²) in [7, 11) is 0. The van der Waals surface area contributed by atoms with Crippen LogP contribution in [0.15, 0.2) is 60.8 Å². The third-order valence-corrected chi connectivity index (χ3v) is 5.77. The number of hydrogen-bond acceptors (Lipinski definition) is 5. The first-order valence-corrected chi connectivity index (χ1v) is 11.3. The van der Waals surface area contributed by atoms with E-state index >= 15 is 0 Å². The van der Waals surface area contributed by atoms with Crippen molar-refractivity contribution in [3.63, 3.8) is 0 Å². The number of amides is 2. The molecule has 1 N–H and O–H groups in total. The number of carbonyl (C=O) groups excluding carboxylic acids is 2. The predicted octanol–water partition coefficient (Wildman–Crippen LogP) is 4.46. The summed E-state index contributed by atoms with van der Waals surface area (Å²) in [6, 6.07) is 16.6. The Morgan fingerprint density at radius 2 is 1.85 bits per heavy atom. The van der Waals surface area contributed by atoms with Crippen molar-refractivity contribution < 1.29 is 14.3 Å². The summed E-state index contributed by atoms with van der Waals surface area (Å²) in [5.74, 6) is 1.01. The van der Waals surface area contributed by atoms with Gasteiger partial charge in [-0.25, -0.2) is 9.97 Å². The van der Waals surface area contributed by atoms with E-state index in [1.54, 1.807) is 12.3 Å². The van der Waals surface area contributed by atoms with Gasteiger partial charge in [-0.05, 0) is 51.0 Å². The number of likely N-dealkylation sites (tertiary alicyclic amines) is 1. The predicted molar refractivity (Wildman–Crippen MR) is 127 cm³/mol. The van der Waals surface area contributed by atoms with Gasteiger partial charge in [0.05, 0.1) is 23.4 Å². The molecule has 0 aliphatic carbocycles. The molecule has 7 heteroatoms. The van der Waals surface area contributed by atoms with Crippen LogP contribution in [0.5, 0.6) is 5.75 Å². The molecule has 1 saturated heterocycles. The number of benzene rings is 2. The number of anilines is 1. The van der Waals surface area contributed by atoms with Crippen LogP contribution in [0.25, 0.3) is 0 Å². The van der Waals surface area contributed by atoms with Crippen molar-refractivity contribution in [1.29, 1.82) is 0 Å². The summed E-state index contributed by atoms with van der Waals surface area (Å²) in [4.78, 5) is 36.8. The Kier molecular flexibility index (Phi) is 6.98. The average Bonchev–Trinajstić information content (AvgIpc) is 2.85. The van der Waals surface area contributed by atoms with Gasteiger partial charge in [0.25, 0.3) is 11.8 Å². The van der Waals surface area contributed by atoms with Gasteiger partial charge < -0.3 is 15.0 Å². The second kappa shape index (κ2) is 10.3. The molecule has 3 aromatic rings. The summed E-state index contributed by atoms with van der Waals surface area (Å²) < 4.78 is 5.64. The molecule has 0 bridgehead atoms. The first-order chi connectivity index (χ1) is 16.1. The van der Waals surface area contributed by atoms with Crippen LogP contribution in [0.2, 0.25) is 0 Å². The van der Waals surface area contributed by atoms with Crippen molar-refractivity contribution >= 4 is 17.5 Å². The van der Waals surface area contributed by atoms with Gasteiger partial charge in [0.2, 0.25) is 0 Å². The molecule has 0 saturated carbocycles. The second-order valence-electron chi connectivity index (χ2n) is 8.07. The summed E-state index contributed by atoms with van der Waals surface area (Å²) in [6.07, 6.45) is 3.35. The first kappa shape index (κ1) is 22.5. The van der Waals surface area contributed by atoms with Crippen molar-refractivity contribution in [3.8, 4) is 5.75 Å². The Labute approximate surface area is 193 Å². The third-order valence-electron chi connectivity index (χ3n) is 5.77. The van der Waals surface area contributed by atoms with Crippen LogP contribution in [0.4, 0.5) is 5.69 Å². The zero-order valence-corrected chi connectivity index (χ0v) is 19.0. The van der Waals surface area contributed by atoms with Gasteiger partial charge in [0, 0.05) is 30.9 Å². The minimum atomic E-state index is -0.238. The van der Waals surface area contributed by atoms with Crippen LogP contribution in [-0.4, -0.2) is 46.4 Å². The van der Waals surface area contributed by atoms with E-state index in [0.29, 0.717) is 48.1 Å². The number of piperidine rings is 1. The maximum Gasteiger partial charge on any atom is 0.259 e. The van der Waals surface area contributed by atoms with E-state index < -0.39 is 0 Å². The normalized spacial score (nSPS) is 15.7. The number of rotatable bonds is 6. The largest absolute Gasteiger partial charge is 0.493 e. The van der Waals surface area contributed by atoms with Gasteiger partial charge in [-0.3, -0.25) is 9.59 Å². The van der Waals surface area contributed by atoms with Gasteiger partial charge in [0.1, 0.15) is 11.6 Å². The Bertz CT molecular complexity index is 1130. The standard InChI is InChI=1S/C26H28N4O3/c1-3-33-23-14-8-7-13-21(23)26(32)30-15-9-10-19(17-30)24-27-16-22(18(2)28-24)25(31)29-20-11-5-4-6-12-20/h4-8,11-14,16,19H,3,9-10,15,17H2,1-2H3,(H,29,31)/t19-/m1/s1. The number of carbonyl (C=O) groups is 2. The Balaban J connectivity index is 1.48. The van der Waals surface area contributed by atoms with Gasteiger partial charge in [-0.2, -0.15) is 0 Å². The third kappa shape index (κ3) is 5.19. The molecule has 1 aliphatic heterocycles. The fraction of sp³-hybridized carbons (Fsp3) is 0.308. The number of aromatic nitrogens is 2. The van der Waals surface area contributed by atoms with Crippen LogP contribution in [-0.2, 0) is 0 Å². The van der Waals surface area contributed by atoms with Crippen molar-refractivity contribution in [3.05, 3.63) is 83.4 Å². The fourth-order valence-corrected chi connectivity index (χ4v) is 4.09. The van der Waals surface area contributed by atoms with Crippen LogP contribution >= 0.6 is 0 Å². The van der Waals surface area contributed by atoms with Crippen molar-refractivity contribution in [1.82, 2.24) is 14.9 Å². The van der Waals surface area contributed by atoms with Gasteiger partial charge in [-0.1, -0.05) is 30.3 Å². The molecular weight excluding hydrogens is 416 g/mol. The van der Waals surface area contributed by atoms with E-state index in [1.807, 2.05) is 67.3 Å². The fourth-order valence-electron chi connectivity index (χ4n) is 4.09. The van der Waals surface area contributed by atoms with E-state index in [-0.39, 0.29) is 17.7 Å². The number of ether oxygens (including phenoxy) is 1. The lowest BCUT2D eigenvalue weighted by Crippen LogP contribution is -2.39. The Morgan fingerprint density at radius 1 is 1.09 bits per heavy atom. The second-order valence-corrected chi connectivity index (χ2v) is 8.07. The molecule has 0 radical (unpaired) electrons. The number of hydrogen-bond donors (Lipinski definition) is 1. The highest BCUT2D eigenvalue weighted by Crippen LogP contribution is 2.28. The maximum atomic E-state index is 13.2. The zero-order valence-electron chi connectivity index (χ0n) is 19.0. The van der Waals surface area contributed by atoms with Crippen molar-refractivity contribution in [2.75, 3.05) is 25.0 Å². The number of aryl methyl sites for hydroxylation is 1. The first-order valence-electron chi connectivity index (χ1n) is 11.3. The highest BCUT2D eigenvalue weighted by atomic mass is 16.5. The van der Waals surface area contributed by atoms with Gasteiger partial charge in [-0.15, -0.1) is 0 Å². The summed E-state index contributed by atoms with van der Waals surface area (Å²) in [5.41, 5.74) is 2.36. The van der Waals surface area contributed by atoms with Crippen LogP contribution in [0.1, 0.15) is 57.9 Å². The van der Waals surface area contributed by atoms with Gasteiger partial charge >= 0.3 is 0 Å². The minimum Gasteiger partial charge on any atom is -0.493 e. The van der Waals surface area contributed by atoms with E-state index in [0.717, 1.165) is 18.5 Å². The van der Waals surface area contributed by atoms with E-state index in [4.69, 9.17) is 4.74 Å². The molecule has 1 fully saturated rings. The van der Waals surface area contributed by atoms with E-state index in [2.05, 4.69) is 15.3 Å². The Morgan fingerprint density at radius 3 is 2.61 bits per heavy atom. The van der Waals surface area contributed by atoms with E-state index in [1.165, 1.54) is 0 Å². The van der Waals surface area contributed by atoms with Crippen molar-refractivity contribution in [2.24, 2.45) is 0 Å². The monoisotopic (exact) mass is 444 g/mol. The van der Waals surface area contributed by atoms with Gasteiger partial charge in [0.15, 0.2) is 0 Å². The summed E-state index contributed by atoms with van der Waals surface area (Å²) in [6.45, 7) is 5.45. The van der Waals surface area contributed by atoms with E-state index in [9.17, 15) is 9.59 Å². The molecular formula is C26H28N4O3. The highest BCUT2D eigenvalue weighted by molar-refractivity contribution is 6.04. The number of nitrogens with zero attached hydrogens (tertiary/aromatic N) is 3. The molecule has 1 aromatic heterocycles. The lowest BCUT2D eigenvalue weighted by molar-refractivity contribution is 0.0700. The molecule has 0 spiro atoms. The molecule has 4 rings (SSSR count). The molecule has 1 atom stereocenters. The lowest BCUT2D eigenvalue weighted by Gasteiger charge is -2.32.